The van der Waals surface area contributed by atoms with E-state index in [1.165, 1.54) is 0 Å². The number of para-hydroxylation sites is 2. The Hall–Kier alpha value is -1.84. The number of imidazole rings is 1. The molecule has 2 rings (SSSR count). The van der Waals surface area contributed by atoms with Crippen molar-refractivity contribution < 1.29 is 4.79 Å². The maximum atomic E-state index is 11.9. The van der Waals surface area contributed by atoms with Gasteiger partial charge in [-0.3, -0.25) is 9.13 Å². The second-order valence-electron chi connectivity index (χ2n) is 4.05. The molecule has 0 bridgehead atoms. The Morgan fingerprint density at radius 2 is 1.94 bits per heavy atom. The average Bonchev–Trinajstić information content (AvgIpc) is 2.55. The molecule has 4 heteroatoms. The second-order valence-corrected chi connectivity index (χ2v) is 4.05. The van der Waals surface area contributed by atoms with E-state index >= 15 is 0 Å². The van der Waals surface area contributed by atoms with Crippen LogP contribution in [-0.4, -0.2) is 15.4 Å². The Kier molecular flexibility index (Phi) is 2.64. The van der Waals surface area contributed by atoms with E-state index in [1.807, 2.05) is 24.3 Å². The number of carbonyl (C=O) groups is 1. The van der Waals surface area contributed by atoms with Crippen LogP contribution in [0.1, 0.15) is 6.92 Å². The van der Waals surface area contributed by atoms with Crippen LogP contribution in [0.3, 0.4) is 0 Å². The number of aryl methyl sites for hydroxylation is 1. The molecule has 1 aromatic carbocycles. The van der Waals surface area contributed by atoms with Crippen LogP contribution >= 0.6 is 0 Å². The maximum absolute atomic E-state index is 11.9. The van der Waals surface area contributed by atoms with Crippen molar-refractivity contribution in [3.63, 3.8) is 0 Å². The normalized spacial score (nSPS) is 12.9. The Morgan fingerprint density at radius 3 is 2.56 bits per heavy atom. The molecule has 1 aromatic heterocycles. The Balaban J connectivity index is 2.64. The van der Waals surface area contributed by atoms with Crippen LogP contribution in [0.2, 0.25) is 0 Å². The van der Waals surface area contributed by atoms with Crippen LogP contribution in [0.5, 0.6) is 0 Å². The van der Waals surface area contributed by atoms with E-state index in [0.717, 1.165) is 17.3 Å². The summed E-state index contributed by atoms with van der Waals surface area (Å²) in [4.78, 5) is 22.6. The third-order valence-corrected chi connectivity index (χ3v) is 2.75. The summed E-state index contributed by atoms with van der Waals surface area (Å²) in [6.45, 7) is 2.24. The Bertz CT molecular complexity index is 580. The van der Waals surface area contributed by atoms with Crippen LogP contribution in [0, 0.1) is 5.92 Å². The first-order chi connectivity index (χ1) is 7.65. The molecule has 16 heavy (non-hydrogen) atoms. The van der Waals surface area contributed by atoms with Crippen LogP contribution in [0.15, 0.2) is 29.1 Å². The molecule has 2 aromatic rings. The van der Waals surface area contributed by atoms with Crippen molar-refractivity contribution in [1.29, 1.82) is 0 Å². The lowest BCUT2D eigenvalue weighted by molar-refractivity contribution is -0.110. The highest BCUT2D eigenvalue weighted by atomic mass is 16.1. The third-order valence-electron chi connectivity index (χ3n) is 2.75. The van der Waals surface area contributed by atoms with Gasteiger partial charge in [0.05, 0.1) is 11.0 Å². The number of benzene rings is 1. The molecule has 0 radical (unpaired) electrons. The lowest BCUT2D eigenvalue weighted by Crippen LogP contribution is -2.25. The van der Waals surface area contributed by atoms with Crippen molar-refractivity contribution in [2.75, 3.05) is 0 Å². The fourth-order valence-electron chi connectivity index (χ4n) is 1.87. The number of aromatic nitrogens is 2. The molecule has 1 unspecified atom stereocenters. The molecule has 0 aliphatic heterocycles. The van der Waals surface area contributed by atoms with Gasteiger partial charge < -0.3 is 4.79 Å². The van der Waals surface area contributed by atoms with E-state index in [1.54, 1.807) is 23.1 Å². The summed E-state index contributed by atoms with van der Waals surface area (Å²) in [7, 11) is 1.74. The minimum Gasteiger partial charge on any atom is -0.303 e. The molecule has 0 N–H and O–H groups in total. The van der Waals surface area contributed by atoms with Gasteiger partial charge in [0.15, 0.2) is 0 Å². The van der Waals surface area contributed by atoms with Gasteiger partial charge in [0.25, 0.3) is 0 Å². The number of hydrogen-bond acceptors (Lipinski definition) is 2. The first kappa shape index (κ1) is 10.7. The van der Waals surface area contributed by atoms with E-state index < -0.39 is 0 Å². The lowest BCUT2D eigenvalue weighted by Gasteiger charge is -2.04. The number of carbonyl (C=O) groups excluding carboxylic acids is 1. The number of rotatable bonds is 3. The smallest absolute Gasteiger partial charge is 0.303 e. The largest absolute Gasteiger partial charge is 0.328 e. The van der Waals surface area contributed by atoms with Gasteiger partial charge in [0, 0.05) is 19.5 Å². The number of aldehydes is 1. The molecule has 0 spiro atoms. The van der Waals surface area contributed by atoms with Gasteiger partial charge in [-0.25, -0.2) is 4.79 Å². The number of hydrogen-bond donors (Lipinski definition) is 0. The van der Waals surface area contributed by atoms with Crippen LogP contribution < -0.4 is 5.69 Å². The topological polar surface area (TPSA) is 44.0 Å². The van der Waals surface area contributed by atoms with Gasteiger partial charge in [-0.1, -0.05) is 19.1 Å². The van der Waals surface area contributed by atoms with Crippen molar-refractivity contribution in [1.82, 2.24) is 9.13 Å². The fraction of sp³-hybridized carbons (Fsp3) is 0.333. The predicted molar refractivity (Wildman–Crippen MR) is 62.4 cm³/mol. The Labute approximate surface area is 93.1 Å². The van der Waals surface area contributed by atoms with Crippen LogP contribution in [-0.2, 0) is 18.4 Å². The molecule has 84 valence electrons. The molecule has 1 atom stereocenters. The summed E-state index contributed by atoms with van der Waals surface area (Å²) < 4.78 is 3.25. The van der Waals surface area contributed by atoms with Crippen molar-refractivity contribution in [3.8, 4) is 0 Å². The second kappa shape index (κ2) is 3.96. The molecule has 0 fully saturated rings. The summed E-state index contributed by atoms with van der Waals surface area (Å²) in [5.74, 6) is -0.150. The molecule has 4 nitrogen and oxygen atoms in total. The maximum Gasteiger partial charge on any atom is 0.328 e. The molecule has 0 saturated carbocycles. The summed E-state index contributed by atoms with van der Waals surface area (Å²) in [6, 6.07) is 7.59. The number of nitrogens with zero attached hydrogens (tertiary/aromatic N) is 2. The number of fused-ring (bicyclic) bond motifs is 1. The Morgan fingerprint density at radius 1 is 1.31 bits per heavy atom. The summed E-state index contributed by atoms with van der Waals surface area (Å²) in [5, 5.41) is 0. The van der Waals surface area contributed by atoms with Crippen molar-refractivity contribution in [2.45, 2.75) is 13.5 Å². The van der Waals surface area contributed by atoms with E-state index in [9.17, 15) is 9.59 Å². The predicted octanol–water partition coefficient (Wildman–Crippen LogP) is 1.17. The minimum absolute atomic E-state index is 0.0742. The highest BCUT2D eigenvalue weighted by Gasteiger charge is 2.11. The molecular formula is C12H14N2O2. The van der Waals surface area contributed by atoms with E-state index in [4.69, 9.17) is 0 Å². The summed E-state index contributed by atoms with van der Waals surface area (Å²) in [5.41, 5.74) is 1.70. The zero-order valence-electron chi connectivity index (χ0n) is 9.38. The van der Waals surface area contributed by atoms with Crippen molar-refractivity contribution in [2.24, 2.45) is 13.0 Å². The standard InChI is InChI=1S/C12H14N2O2/c1-9(8-15)7-14-11-6-4-3-5-10(11)13(2)12(14)16/h3-6,8-9H,7H2,1-2H3. The van der Waals surface area contributed by atoms with Gasteiger partial charge in [0.2, 0.25) is 0 Å². The van der Waals surface area contributed by atoms with Gasteiger partial charge in [0.1, 0.15) is 6.29 Å². The average molecular weight is 218 g/mol. The fourth-order valence-corrected chi connectivity index (χ4v) is 1.87. The monoisotopic (exact) mass is 218 g/mol. The van der Waals surface area contributed by atoms with Gasteiger partial charge in [-0.2, -0.15) is 0 Å². The quantitative estimate of drug-likeness (QED) is 0.726. The molecule has 0 aliphatic rings. The molecular weight excluding hydrogens is 204 g/mol. The summed E-state index contributed by atoms with van der Waals surface area (Å²) >= 11 is 0. The highest BCUT2D eigenvalue weighted by Crippen LogP contribution is 2.12. The molecule has 0 saturated heterocycles. The van der Waals surface area contributed by atoms with Crippen LogP contribution in [0.25, 0.3) is 11.0 Å². The molecule has 0 aliphatic carbocycles. The van der Waals surface area contributed by atoms with Crippen molar-refractivity contribution >= 4 is 17.3 Å². The van der Waals surface area contributed by atoms with Gasteiger partial charge >= 0.3 is 5.69 Å². The first-order valence-corrected chi connectivity index (χ1v) is 5.24. The highest BCUT2D eigenvalue weighted by molar-refractivity contribution is 5.76. The SMILES string of the molecule is CC(C=O)Cn1c(=O)n(C)c2ccccc21. The van der Waals surface area contributed by atoms with E-state index in [2.05, 4.69) is 0 Å². The molecule has 1 heterocycles. The van der Waals surface area contributed by atoms with Crippen LogP contribution in [0.4, 0.5) is 0 Å². The lowest BCUT2D eigenvalue weighted by atomic mass is 10.2. The van der Waals surface area contributed by atoms with Gasteiger partial charge in [-0.05, 0) is 12.1 Å². The molecule has 0 amide bonds. The first-order valence-electron chi connectivity index (χ1n) is 5.24. The van der Waals surface area contributed by atoms with E-state index in [0.29, 0.717) is 6.54 Å². The van der Waals surface area contributed by atoms with E-state index in [-0.39, 0.29) is 11.6 Å². The van der Waals surface area contributed by atoms with Gasteiger partial charge in [-0.15, -0.1) is 0 Å². The van der Waals surface area contributed by atoms with Crippen molar-refractivity contribution in [3.05, 3.63) is 34.7 Å². The minimum atomic E-state index is -0.150. The summed E-state index contributed by atoms with van der Waals surface area (Å²) in [6.07, 6.45) is 0.869. The third kappa shape index (κ3) is 1.56. The zero-order chi connectivity index (χ0) is 11.7. The zero-order valence-corrected chi connectivity index (χ0v) is 9.38.